The van der Waals surface area contributed by atoms with Crippen LogP contribution in [0.15, 0.2) is 36.4 Å². The van der Waals surface area contributed by atoms with Gasteiger partial charge in [0, 0.05) is 5.56 Å². The lowest BCUT2D eigenvalue weighted by Crippen LogP contribution is -2.55. The van der Waals surface area contributed by atoms with E-state index in [9.17, 15) is 14.7 Å². The van der Waals surface area contributed by atoms with Crippen molar-refractivity contribution in [2.24, 2.45) is 0 Å². The highest BCUT2D eigenvalue weighted by atomic mass is 16.6. The van der Waals surface area contributed by atoms with Gasteiger partial charge in [-0.3, -0.25) is 0 Å². The molecular formula is C18H18O6. The van der Waals surface area contributed by atoms with Crippen LogP contribution in [0.4, 0.5) is 0 Å². The Morgan fingerprint density at radius 2 is 1.71 bits per heavy atom. The molecule has 1 heterocycles. The molecule has 0 saturated carbocycles. The second-order valence-corrected chi connectivity index (χ2v) is 5.38. The number of hydrogen-bond donors (Lipinski definition) is 1. The Morgan fingerprint density at radius 3 is 2.33 bits per heavy atom. The van der Waals surface area contributed by atoms with Gasteiger partial charge in [-0.25, -0.2) is 9.59 Å². The fourth-order valence-electron chi connectivity index (χ4n) is 2.95. The molecule has 24 heavy (non-hydrogen) atoms. The van der Waals surface area contributed by atoms with Crippen molar-refractivity contribution in [2.45, 2.75) is 25.6 Å². The SMILES string of the molecule is CCOC(=O)C1(C(=O)OCC)Oc2ccc3ccccc3c2[C@H]1O. The van der Waals surface area contributed by atoms with Gasteiger partial charge in [0.15, 0.2) is 0 Å². The van der Waals surface area contributed by atoms with E-state index in [0.717, 1.165) is 5.39 Å². The highest BCUT2D eigenvalue weighted by Gasteiger charge is 2.63. The first-order chi connectivity index (χ1) is 11.6. The van der Waals surface area contributed by atoms with Crippen molar-refractivity contribution in [3.05, 3.63) is 42.0 Å². The number of aliphatic hydroxyl groups is 1. The summed E-state index contributed by atoms with van der Waals surface area (Å²) in [4.78, 5) is 25.0. The molecule has 0 saturated heterocycles. The average Bonchev–Trinajstić information content (AvgIpc) is 2.90. The summed E-state index contributed by atoms with van der Waals surface area (Å²) < 4.78 is 15.6. The highest BCUT2D eigenvalue weighted by molar-refractivity contribution is 6.07. The summed E-state index contributed by atoms with van der Waals surface area (Å²) in [6.07, 6.45) is -1.52. The van der Waals surface area contributed by atoms with E-state index in [1.807, 2.05) is 18.2 Å². The molecule has 6 nitrogen and oxygen atoms in total. The number of hydrogen-bond acceptors (Lipinski definition) is 6. The van der Waals surface area contributed by atoms with E-state index >= 15 is 0 Å². The predicted octanol–water partition coefficient (Wildman–Crippen LogP) is 2.13. The first-order valence-corrected chi connectivity index (χ1v) is 7.79. The summed E-state index contributed by atoms with van der Waals surface area (Å²) in [5.41, 5.74) is -1.85. The quantitative estimate of drug-likeness (QED) is 0.683. The molecule has 0 fully saturated rings. The second-order valence-electron chi connectivity index (χ2n) is 5.38. The summed E-state index contributed by atoms with van der Waals surface area (Å²) in [5, 5.41) is 12.4. The maximum absolute atomic E-state index is 12.5. The number of aliphatic hydroxyl groups excluding tert-OH is 1. The Balaban J connectivity index is 2.17. The number of benzene rings is 2. The van der Waals surface area contributed by atoms with Crippen molar-refractivity contribution in [2.75, 3.05) is 13.2 Å². The smallest absolute Gasteiger partial charge is 0.365 e. The summed E-state index contributed by atoms with van der Waals surface area (Å²) in [7, 11) is 0. The third-order valence-electron chi connectivity index (χ3n) is 4.02. The van der Waals surface area contributed by atoms with Crippen LogP contribution in [0.1, 0.15) is 25.5 Å². The molecule has 1 aliphatic rings. The topological polar surface area (TPSA) is 82.1 Å². The lowest BCUT2D eigenvalue weighted by Gasteiger charge is -2.26. The maximum Gasteiger partial charge on any atom is 0.365 e. The number of rotatable bonds is 4. The molecule has 6 heteroatoms. The Labute approximate surface area is 138 Å². The molecule has 1 N–H and O–H groups in total. The third kappa shape index (κ3) is 2.22. The Morgan fingerprint density at radius 1 is 1.08 bits per heavy atom. The van der Waals surface area contributed by atoms with E-state index in [1.165, 1.54) is 0 Å². The molecule has 0 amide bonds. The molecule has 126 valence electrons. The number of esters is 2. The second kappa shape index (κ2) is 6.13. The van der Waals surface area contributed by atoms with Gasteiger partial charge in [0.1, 0.15) is 11.9 Å². The maximum atomic E-state index is 12.5. The van der Waals surface area contributed by atoms with Crippen LogP contribution in [-0.2, 0) is 19.1 Å². The lowest BCUT2D eigenvalue weighted by molar-refractivity contribution is -0.187. The van der Waals surface area contributed by atoms with Crippen LogP contribution in [0.2, 0.25) is 0 Å². The van der Waals surface area contributed by atoms with Crippen molar-refractivity contribution in [3.63, 3.8) is 0 Å². The predicted molar refractivity (Wildman–Crippen MR) is 85.5 cm³/mol. The summed E-state index contributed by atoms with van der Waals surface area (Å²) in [6, 6.07) is 10.8. The summed E-state index contributed by atoms with van der Waals surface area (Å²) in [6.45, 7) is 3.32. The summed E-state index contributed by atoms with van der Waals surface area (Å²) in [5.74, 6) is -1.66. The third-order valence-corrected chi connectivity index (χ3v) is 4.02. The van der Waals surface area contributed by atoms with Gasteiger partial charge < -0.3 is 19.3 Å². The molecular weight excluding hydrogens is 312 g/mol. The molecule has 0 unspecified atom stereocenters. The van der Waals surface area contributed by atoms with Gasteiger partial charge in [0.2, 0.25) is 0 Å². The molecule has 0 spiro atoms. The van der Waals surface area contributed by atoms with Crippen LogP contribution in [0.5, 0.6) is 5.75 Å². The molecule has 2 aromatic rings. The van der Waals surface area contributed by atoms with Gasteiger partial charge in [-0.05, 0) is 30.7 Å². The lowest BCUT2D eigenvalue weighted by atomic mass is 9.90. The van der Waals surface area contributed by atoms with E-state index in [2.05, 4.69) is 0 Å². The molecule has 1 atom stereocenters. The van der Waals surface area contributed by atoms with Crippen LogP contribution >= 0.6 is 0 Å². The fraction of sp³-hybridized carbons (Fsp3) is 0.333. The van der Waals surface area contributed by atoms with Crippen LogP contribution in [-0.4, -0.2) is 35.9 Å². The van der Waals surface area contributed by atoms with Gasteiger partial charge in [0.05, 0.1) is 13.2 Å². The van der Waals surface area contributed by atoms with Gasteiger partial charge in [-0.1, -0.05) is 30.3 Å². The zero-order valence-electron chi connectivity index (χ0n) is 13.4. The molecule has 0 bridgehead atoms. The molecule has 0 radical (unpaired) electrons. The molecule has 2 aromatic carbocycles. The molecule has 0 aliphatic carbocycles. The minimum atomic E-state index is -2.24. The first kappa shape index (κ1) is 16.3. The van der Waals surface area contributed by atoms with Gasteiger partial charge in [-0.15, -0.1) is 0 Å². The van der Waals surface area contributed by atoms with Gasteiger partial charge in [-0.2, -0.15) is 0 Å². The van der Waals surface area contributed by atoms with Crippen molar-refractivity contribution in [3.8, 4) is 5.75 Å². The van der Waals surface area contributed by atoms with E-state index in [-0.39, 0.29) is 19.0 Å². The fourth-order valence-corrected chi connectivity index (χ4v) is 2.95. The first-order valence-electron chi connectivity index (χ1n) is 7.79. The van der Waals surface area contributed by atoms with E-state index in [0.29, 0.717) is 10.9 Å². The zero-order chi connectivity index (χ0) is 17.3. The average molecular weight is 330 g/mol. The monoisotopic (exact) mass is 330 g/mol. The molecule has 0 aromatic heterocycles. The summed E-state index contributed by atoms with van der Waals surface area (Å²) >= 11 is 0. The Hall–Kier alpha value is -2.60. The van der Waals surface area contributed by atoms with Crippen LogP contribution in [0, 0.1) is 0 Å². The Kier molecular flexibility index (Phi) is 4.15. The van der Waals surface area contributed by atoms with E-state index in [4.69, 9.17) is 14.2 Å². The number of ether oxygens (including phenoxy) is 3. The van der Waals surface area contributed by atoms with Crippen molar-refractivity contribution >= 4 is 22.7 Å². The van der Waals surface area contributed by atoms with Gasteiger partial charge >= 0.3 is 17.5 Å². The van der Waals surface area contributed by atoms with Crippen molar-refractivity contribution in [1.29, 1.82) is 0 Å². The Bertz CT molecular complexity index is 779. The minimum Gasteiger partial charge on any atom is -0.462 e. The highest BCUT2D eigenvalue weighted by Crippen LogP contribution is 2.47. The van der Waals surface area contributed by atoms with Crippen molar-refractivity contribution in [1.82, 2.24) is 0 Å². The zero-order valence-corrected chi connectivity index (χ0v) is 13.4. The molecule has 3 rings (SSSR count). The van der Waals surface area contributed by atoms with E-state index < -0.39 is 23.6 Å². The van der Waals surface area contributed by atoms with E-state index in [1.54, 1.807) is 32.0 Å². The minimum absolute atomic E-state index is 0.0488. The van der Waals surface area contributed by atoms with Crippen LogP contribution in [0.25, 0.3) is 10.8 Å². The van der Waals surface area contributed by atoms with Gasteiger partial charge in [0.25, 0.3) is 0 Å². The molecule has 1 aliphatic heterocycles. The largest absolute Gasteiger partial charge is 0.462 e. The standard InChI is InChI=1S/C18H18O6/c1-3-22-16(20)18(17(21)23-4-2)15(19)14-12-8-6-5-7-11(12)9-10-13(14)24-18/h5-10,15,19H,3-4H2,1-2H3/t15-/m1/s1. The van der Waals surface area contributed by atoms with Crippen LogP contribution < -0.4 is 4.74 Å². The normalized spacial score (nSPS) is 17.9. The number of fused-ring (bicyclic) bond motifs is 3. The number of carbonyl (C=O) groups is 2. The number of carbonyl (C=O) groups excluding carboxylic acids is 2. The van der Waals surface area contributed by atoms with Crippen LogP contribution in [0.3, 0.4) is 0 Å². The van der Waals surface area contributed by atoms with Crippen molar-refractivity contribution < 1.29 is 28.9 Å².